The fourth-order valence-corrected chi connectivity index (χ4v) is 6.20. The van der Waals surface area contributed by atoms with E-state index in [1.165, 1.54) is 28.8 Å². The van der Waals surface area contributed by atoms with Crippen molar-refractivity contribution in [2.75, 3.05) is 0 Å². The van der Waals surface area contributed by atoms with Gasteiger partial charge in [0.05, 0.1) is 5.92 Å². The van der Waals surface area contributed by atoms with Crippen LogP contribution in [0.1, 0.15) is 47.9 Å². The second-order valence-electron chi connectivity index (χ2n) is 9.07. The normalized spacial score (nSPS) is 24.7. The van der Waals surface area contributed by atoms with Crippen molar-refractivity contribution in [3.63, 3.8) is 0 Å². The zero-order valence-electron chi connectivity index (χ0n) is 18.6. The van der Waals surface area contributed by atoms with Crippen LogP contribution in [0, 0.1) is 25.6 Å². The van der Waals surface area contributed by atoms with E-state index in [-0.39, 0.29) is 30.0 Å². The van der Waals surface area contributed by atoms with Crippen LogP contribution in [0.4, 0.5) is 4.39 Å². The molecule has 2 heterocycles. The molecule has 3 atom stereocenters. The van der Waals surface area contributed by atoms with Crippen LogP contribution >= 0.6 is 11.8 Å². The molecule has 0 bridgehead atoms. The maximum atomic E-state index is 13.5. The summed E-state index contributed by atoms with van der Waals surface area (Å²) in [7, 11) is 0. The van der Waals surface area contributed by atoms with E-state index >= 15 is 0 Å². The van der Waals surface area contributed by atoms with Gasteiger partial charge >= 0.3 is 0 Å². The minimum atomic E-state index is -0.284. The third-order valence-electron chi connectivity index (χ3n) is 6.87. The monoisotopic (exact) mass is 452 g/mol. The highest BCUT2D eigenvalue weighted by atomic mass is 32.2. The molecule has 3 aliphatic rings. The van der Waals surface area contributed by atoms with Crippen molar-refractivity contribution in [2.24, 2.45) is 11.0 Å². The molecule has 5 nitrogen and oxygen atoms in total. The second-order valence-corrected chi connectivity index (χ2v) is 10.0. The number of aryl methyl sites for hydroxylation is 2. The second kappa shape index (κ2) is 8.77. The first-order valence-corrected chi connectivity index (χ1v) is 12.4. The molecule has 1 saturated heterocycles. The number of carbonyl (C=O) groups excluding carboxylic acids is 1. The van der Waals surface area contributed by atoms with Crippen LogP contribution in [-0.4, -0.2) is 33.2 Å². The van der Waals surface area contributed by atoms with Crippen LogP contribution < -0.4 is 5.43 Å². The van der Waals surface area contributed by atoms with Gasteiger partial charge in [0.15, 0.2) is 11.5 Å². The summed E-state index contributed by atoms with van der Waals surface area (Å²) in [6.45, 7) is 4.71. The molecule has 0 spiro atoms. The summed E-state index contributed by atoms with van der Waals surface area (Å²) in [5.74, 6) is 0.760. The zero-order valence-corrected chi connectivity index (χ0v) is 19.4. The minimum Gasteiger partial charge on any atom is -0.307 e. The lowest BCUT2D eigenvalue weighted by molar-refractivity contribution is -0.156. The lowest BCUT2D eigenvalue weighted by Gasteiger charge is -2.50. The fraction of sp³-hybridized carbons (Fsp3) is 0.440. The third-order valence-corrected chi connectivity index (χ3v) is 7.89. The molecule has 2 aromatic rings. The Morgan fingerprint density at radius 2 is 1.91 bits per heavy atom. The Morgan fingerprint density at radius 1 is 1.12 bits per heavy atom. The lowest BCUT2D eigenvalue weighted by atomic mass is 9.81. The van der Waals surface area contributed by atoms with E-state index in [1.807, 2.05) is 4.90 Å². The topological polar surface area (TPSA) is 47.9 Å². The third kappa shape index (κ3) is 3.98. The number of thioether (sulfide) groups is 1. The van der Waals surface area contributed by atoms with Crippen molar-refractivity contribution in [1.82, 2.24) is 15.2 Å². The van der Waals surface area contributed by atoms with Crippen molar-refractivity contribution in [2.45, 2.75) is 64.2 Å². The number of hydrogen-bond acceptors (Lipinski definition) is 5. The molecule has 7 heteroatoms. The number of amidine groups is 1. The van der Waals surface area contributed by atoms with Crippen molar-refractivity contribution in [3.8, 4) is 0 Å². The van der Waals surface area contributed by atoms with E-state index in [2.05, 4.69) is 47.5 Å². The molecule has 3 unspecified atom stereocenters. The summed E-state index contributed by atoms with van der Waals surface area (Å²) in [6, 6.07) is 13.2. The number of carbonyl (C=O) groups is 1. The summed E-state index contributed by atoms with van der Waals surface area (Å²) in [6.07, 6.45) is 3.88. The van der Waals surface area contributed by atoms with Gasteiger partial charge in [-0.25, -0.2) is 4.39 Å². The van der Waals surface area contributed by atoms with Crippen LogP contribution in [0.15, 0.2) is 47.6 Å². The summed E-state index contributed by atoms with van der Waals surface area (Å²) < 4.78 is 13.4. The van der Waals surface area contributed by atoms with Crippen molar-refractivity contribution < 1.29 is 9.18 Å². The van der Waals surface area contributed by atoms with Gasteiger partial charge in [-0.05, 0) is 55.5 Å². The number of nitrogens with zero attached hydrogens (tertiary/aromatic N) is 3. The molecule has 32 heavy (non-hydrogen) atoms. The Bertz CT molecular complexity index is 1040. The number of rotatable bonds is 4. The number of nitrogens with one attached hydrogen (secondary N) is 1. The molecule has 1 saturated carbocycles. The summed E-state index contributed by atoms with van der Waals surface area (Å²) in [5.41, 5.74) is 8.03. The molecule has 168 valence electrons. The van der Waals surface area contributed by atoms with Crippen LogP contribution in [0.5, 0.6) is 0 Å². The van der Waals surface area contributed by atoms with Gasteiger partial charge in [-0.1, -0.05) is 60.5 Å². The standard InChI is InChI=1S/C25H29FN4OS/c1-16-7-8-17(2)19(13-16)15-32-25-28-27-24-29(14-18-9-11-20(26)12-10-18)23(31)21-5-3-4-6-22(21)30(24)25/h7-13,21-22,24,27H,3-6,14-15H2,1-2H3. The van der Waals surface area contributed by atoms with Gasteiger partial charge in [-0.2, -0.15) is 5.10 Å². The maximum absolute atomic E-state index is 13.5. The van der Waals surface area contributed by atoms with Gasteiger partial charge in [0.1, 0.15) is 5.82 Å². The number of hydrogen-bond donors (Lipinski definition) is 1. The molecule has 0 radical (unpaired) electrons. The summed E-state index contributed by atoms with van der Waals surface area (Å²) in [4.78, 5) is 17.7. The SMILES string of the molecule is Cc1ccc(C)c(CSC2=NNC3N(Cc4ccc(F)cc4)C(=O)C4CCCCC4N23)c1. The average molecular weight is 453 g/mol. The van der Waals surface area contributed by atoms with Crippen LogP contribution in [0.25, 0.3) is 0 Å². The van der Waals surface area contributed by atoms with E-state index in [4.69, 9.17) is 0 Å². The van der Waals surface area contributed by atoms with Gasteiger partial charge < -0.3 is 4.90 Å². The Morgan fingerprint density at radius 3 is 2.72 bits per heavy atom. The van der Waals surface area contributed by atoms with Crippen molar-refractivity contribution >= 4 is 22.8 Å². The van der Waals surface area contributed by atoms with Gasteiger partial charge in [0, 0.05) is 18.3 Å². The maximum Gasteiger partial charge on any atom is 0.231 e. The van der Waals surface area contributed by atoms with E-state index in [0.717, 1.165) is 42.2 Å². The molecule has 2 aromatic carbocycles. The number of benzene rings is 2. The van der Waals surface area contributed by atoms with Crippen molar-refractivity contribution in [3.05, 3.63) is 70.5 Å². The fourth-order valence-electron chi connectivity index (χ4n) is 5.10. The van der Waals surface area contributed by atoms with Gasteiger partial charge in [0.25, 0.3) is 0 Å². The Kier molecular flexibility index (Phi) is 5.84. The Balaban J connectivity index is 1.38. The Labute approximate surface area is 193 Å². The van der Waals surface area contributed by atoms with E-state index < -0.39 is 0 Å². The van der Waals surface area contributed by atoms with Gasteiger partial charge in [-0.15, -0.1) is 0 Å². The molecule has 1 N–H and O–H groups in total. The van der Waals surface area contributed by atoms with E-state index in [1.54, 1.807) is 23.9 Å². The number of hydrazone groups is 1. The molecular weight excluding hydrogens is 423 g/mol. The van der Waals surface area contributed by atoms with Gasteiger partial charge in [-0.3, -0.25) is 15.1 Å². The Hall–Kier alpha value is -2.54. The minimum absolute atomic E-state index is 0.00754. The van der Waals surface area contributed by atoms with Crippen LogP contribution in [0.2, 0.25) is 0 Å². The molecule has 2 fully saturated rings. The summed E-state index contributed by atoms with van der Waals surface area (Å²) in [5, 5.41) is 5.64. The molecule has 2 aliphatic heterocycles. The van der Waals surface area contributed by atoms with Crippen LogP contribution in [0.3, 0.4) is 0 Å². The number of halogens is 1. The predicted octanol–water partition coefficient (Wildman–Crippen LogP) is 4.74. The first kappa shape index (κ1) is 21.3. The zero-order chi connectivity index (χ0) is 22.2. The largest absolute Gasteiger partial charge is 0.307 e. The number of amides is 1. The lowest BCUT2D eigenvalue weighted by Crippen LogP contribution is -2.66. The number of fused-ring (bicyclic) bond motifs is 3. The van der Waals surface area contributed by atoms with Crippen LogP contribution in [-0.2, 0) is 17.1 Å². The molecular formula is C25H29FN4OS. The smallest absolute Gasteiger partial charge is 0.231 e. The quantitative estimate of drug-likeness (QED) is 0.728. The van der Waals surface area contributed by atoms with E-state index in [9.17, 15) is 9.18 Å². The highest BCUT2D eigenvalue weighted by Gasteiger charge is 2.50. The predicted molar refractivity (Wildman–Crippen MR) is 126 cm³/mol. The average Bonchev–Trinajstić information content (AvgIpc) is 3.22. The van der Waals surface area contributed by atoms with Gasteiger partial charge in [0.2, 0.25) is 5.91 Å². The van der Waals surface area contributed by atoms with E-state index in [0.29, 0.717) is 6.54 Å². The highest BCUT2D eigenvalue weighted by molar-refractivity contribution is 8.13. The first-order chi connectivity index (χ1) is 15.5. The molecule has 0 aromatic heterocycles. The molecule has 1 aliphatic carbocycles. The summed E-state index contributed by atoms with van der Waals surface area (Å²) >= 11 is 1.74. The van der Waals surface area contributed by atoms with Crippen molar-refractivity contribution in [1.29, 1.82) is 0 Å². The highest BCUT2D eigenvalue weighted by Crippen LogP contribution is 2.39. The first-order valence-electron chi connectivity index (χ1n) is 11.4. The molecule has 1 amide bonds. The molecule has 5 rings (SSSR count).